The SMILES string of the molecule is COC(=O)C(C)(C)C(=O)N1CCc2ccccc21. The molecule has 0 aliphatic carbocycles. The Hall–Kier alpha value is -1.84. The van der Waals surface area contributed by atoms with Crippen LogP contribution in [-0.4, -0.2) is 25.5 Å². The second-order valence-electron chi connectivity index (χ2n) is 4.95. The van der Waals surface area contributed by atoms with Gasteiger partial charge < -0.3 is 9.64 Å². The van der Waals surface area contributed by atoms with Crippen LogP contribution in [0.3, 0.4) is 0 Å². The maximum absolute atomic E-state index is 12.5. The number of fused-ring (bicyclic) bond motifs is 1. The van der Waals surface area contributed by atoms with Gasteiger partial charge in [0.1, 0.15) is 5.41 Å². The predicted octanol–water partition coefficient (Wildman–Crippen LogP) is 1.77. The van der Waals surface area contributed by atoms with E-state index in [4.69, 9.17) is 4.74 Å². The van der Waals surface area contributed by atoms with Crippen molar-refractivity contribution in [3.8, 4) is 0 Å². The molecule has 0 atom stereocenters. The topological polar surface area (TPSA) is 46.6 Å². The fourth-order valence-corrected chi connectivity index (χ4v) is 2.23. The van der Waals surface area contributed by atoms with Crippen molar-refractivity contribution < 1.29 is 14.3 Å². The molecule has 4 heteroatoms. The van der Waals surface area contributed by atoms with Crippen LogP contribution in [0.2, 0.25) is 0 Å². The van der Waals surface area contributed by atoms with E-state index in [2.05, 4.69) is 0 Å². The third-order valence-electron chi connectivity index (χ3n) is 3.36. The first-order chi connectivity index (χ1) is 8.48. The number of rotatable bonds is 2. The van der Waals surface area contributed by atoms with Gasteiger partial charge in [0.15, 0.2) is 0 Å². The van der Waals surface area contributed by atoms with Crippen molar-refractivity contribution in [2.24, 2.45) is 5.41 Å². The molecule has 96 valence electrons. The zero-order valence-corrected chi connectivity index (χ0v) is 10.9. The van der Waals surface area contributed by atoms with Gasteiger partial charge in [0.25, 0.3) is 0 Å². The second-order valence-corrected chi connectivity index (χ2v) is 4.95. The highest BCUT2D eigenvalue weighted by Crippen LogP contribution is 2.32. The molecular formula is C14H17NO3. The Morgan fingerprint density at radius 1 is 1.28 bits per heavy atom. The van der Waals surface area contributed by atoms with Gasteiger partial charge >= 0.3 is 5.97 Å². The van der Waals surface area contributed by atoms with E-state index in [1.165, 1.54) is 7.11 Å². The number of anilines is 1. The molecule has 4 nitrogen and oxygen atoms in total. The summed E-state index contributed by atoms with van der Waals surface area (Å²) in [7, 11) is 1.30. The maximum Gasteiger partial charge on any atom is 0.320 e. The molecule has 0 saturated heterocycles. The number of carbonyl (C=O) groups is 2. The molecule has 0 fully saturated rings. The van der Waals surface area contributed by atoms with Crippen LogP contribution in [0.25, 0.3) is 0 Å². The minimum atomic E-state index is -1.15. The summed E-state index contributed by atoms with van der Waals surface area (Å²) in [4.78, 5) is 25.8. The van der Waals surface area contributed by atoms with Gasteiger partial charge in [-0.25, -0.2) is 0 Å². The Morgan fingerprint density at radius 3 is 2.61 bits per heavy atom. The summed E-state index contributed by atoms with van der Waals surface area (Å²) in [6, 6.07) is 7.77. The summed E-state index contributed by atoms with van der Waals surface area (Å²) in [5, 5.41) is 0. The van der Waals surface area contributed by atoms with Gasteiger partial charge in [-0.1, -0.05) is 18.2 Å². The first kappa shape index (κ1) is 12.6. The molecule has 0 bridgehead atoms. The van der Waals surface area contributed by atoms with E-state index >= 15 is 0 Å². The van der Waals surface area contributed by atoms with Gasteiger partial charge in [-0.3, -0.25) is 9.59 Å². The van der Waals surface area contributed by atoms with Crippen LogP contribution >= 0.6 is 0 Å². The molecule has 0 aromatic heterocycles. The van der Waals surface area contributed by atoms with E-state index in [0.717, 1.165) is 17.7 Å². The van der Waals surface area contributed by atoms with Crippen LogP contribution in [0, 0.1) is 5.41 Å². The fourth-order valence-electron chi connectivity index (χ4n) is 2.23. The van der Waals surface area contributed by atoms with Gasteiger partial charge in [0.05, 0.1) is 7.11 Å². The van der Waals surface area contributed by atoms with Crippen molar-refractivity contribution in [1.29, 1.82) is 0 Å². The molecule has 0 spiro atoms. The van der Waals surface area contributed by atoms with Crippen molar-refractivity contribution in [2.75, 3.05) is 18.6 Å². The summed E-state index contributed by atoms with van der Waals surface area (Å²) >= 11 is 0. The van der Waals surface area contributed by atoms with Gasteiger partial charge in [0, 0.05) is 12.2 Å². The molecule has 0 unspecified atom stereocenters. The van der Waals surface area contributed by atoms with Crippen molar-refractivity contribution in [2.45, 2.75) is 20.3 Å². The molecule has 1 aromatic carbocycles. The number of para-hydroxylation sites is 1. The summed E-state index contributed by atoms with van der Waals surface area (Å²) in [6.07, 6.45) is 0.833. The number of amides is 1. The highest BCUT2D eigenvalue weighted by molar-refractivity contribution is 6.10. The predicted molar refractivity (Wildman–Crippen MR) is 68.3 cm³/mol. The normalized spacial score (nSPS) is 14.3. The number of carbonyl (C=O) groups excluding carboxylic acids is 2. The Morgan fingerprint density at radius 2 is 1.94 bits per heavy atom. The second kappa shape index (κ2) is 4.44. The third kappa shape index (κ3) is 1.88. The Bertz CT molecular complexity index is 494. The summed E-state index contributed by atoms with van der Waals surface area (Å²) < 4.78 is 4.70. The molecule has 1 aliphatic rings. The van der Waals surface area contributed by atoms with E-state index in [1.807, 2.05) is 24.3 Å². The van der Waals surface area contributed by atoms with Gasteiger partial charge in [-0.05, 0) is 31.9 Å². The average Bonchev–Trinajstić information content (AvgIpc) is 2.80. The molecule has 2 rings (SSSR count). The highest BCUT2D eigenvalue weighted by atomic mass is 16.5. The quantitative estimate of drug-likeness (QED) is 0.591. The zero-order valence-electron chi connectivity index (χ0n) is 10.9. The molecule has 0 radical (unpaired) electrons. The first-order valence-corrected chi connectivity index (χ1v) is 5.96. The zero-order chi connectivity index (χ0) is 13.3. The number of methoxy groups -OCH3 is 1. The van der Waals surface area contributed by atoms with Gasteiger partial charge in [-0.15, -0.1) is 0 Å². The number of hydrogen-bond donors (Lipinski definition) is 0. The van der Waals surface area contributed by atoms with E-state index in [9.17, 15) is 9.59 Å². The molecule has 1 heterocycles. The van der Waals surface area contributed by atoms with E-state index < -0.39 is 11.4 Å². The lowest BCUT2D eigenvalue weighted by molar-refractivity contribution is -0.155. The molecular weight excluding hydrogens is 230 g/mol. The Kier molecular flexibility index (Phi) is 3.11. The molecule has 1 aliphatic heterocycles. The number of benzene rings is 1. The van der Waals surface area contributed by atoms with Gasteiger partial charge in [0.2, 0.25) is 5.91 Å². The van der Waals surface area contributed by atoms with Crippen LogP contribution in [0.1, 0.15) is 19.4 Å². The molecule has 18 heavy (non-hydrogen) atoms. The van der Waals surface area contributed by atoms with E-state index in [1.54, 1.807) is 18.7 Å². The monoisotopic (exact) mass is 247 g/mol. The lowest BCUT2D eigenvalue weighted by atomic mass is 9.91. The smallest absolute Gasteiger partial charge is 0.320 e. The average molecular weight is 247 g/mol. The molecule has 1 amide bonds. The minimum absolute atomic E-state index is 0.209. The van der Waals surface area contributed by atoms with Crippen molar-refractivity contribution in [3.63, 3.8) is 0 Å². The largest absolute Gasteiger partial charge is 0.468 e. The summed E-state index contributed by atoms with van der Waals surface area (Å²) in [5.74, 6) is -0.712. The minimum Gasteiger partial charge on any atom is -0.468 e. The van der Waals surface area contributed by atoms with Gasteiger partial charge in [-0.2, -0.15) is 0 Å². The lowest BCUT2D eigenvalue weighted by Gasteiger charge is -2.27. The fraction of sp³-hybridized carbons (Fsp3) is 0.429. The van der Waals surface area contributed by atoms with Crippen LogP contribution < -0.4 is 4.90 Å². The lowest BCUT2D eigenvalue weighted by Crippen LogP contribution is -2.45. The van der Waals surface area contributed by atoms with Crippen LogP contribution in [0.15, 0.2) is 24.3 Å². The summed E-state index contributed by atoms with van der Waals surface area (Å²) in [6.45, 7) is 3.82. The van der Waals surface area contributed by atoms with E-state index in [-0.39, 0.29) is 5.91 Å². The Labute approximate surface area is 107 Å². The Balaban J connectivity index is 2.30. The summed E-state index contributed by atoms with van der Waals surface area (Å²) in [5.41, 5.74) is 0.901. The molecule has 0 N–H and O–H groups in total. The first-order valence-electron chi connectivity index (χ1n) is 5.96. The van der Waals surface area contributed by atoms with Crippen molar-refractivity contribution >= 4 is 17.6 Å². The number of esters is 1. The number of nitrogens with zero attached hydrogens (tertiary/aromatic N) is 1. The van der Waals surface area contributed by atoms with Crippen molar-refractivity contribution in [1.82, 2.24) is 0 Å². The number of hydrogen-bond acceptors (Lipinski definition) is 3. The standard InChI is InChI=1S/C14H17NO3/c1-14(2,13(17)18-3)12(16)15-9-8-10-6-4-5-7-11(10)15/h4-7H,8-9H2,1-3H3. The third-order valence-corrected chi connectivity index (χ3v) is 3.36. The van der Waals surface area contributed by atoms with E-state index in [0.29, 0.717) is 6.54 Å². The molecule has 0 saturated carbocycles. The van der Waals surface area contributed by atoms with Crippen molar-refractivity contribution in [3.05, 3.63) is 29.8 Å². The number of ether oxygens (including phenoxy) is 1. The highest BCUT2D eigenvalue weighted by Gasteiger charge is 2.42. The van der Waals surface area contributed by atoms with Crippen LogP contribution in [-0.2, 0) is 20.7 Å². The molecule has 1 aromatic rings. The van der Waals surface area contributed by atoms with Crippen LogP contribution in [0.4, 0.5) is 5.69 Å². The van der Waals surface area contributed by atoms with Crippen LogP contribution in [0.5, 0.6) is 0 Å². The maximum atomic E-state index is 12.5.